The smallest absolute Gasteiger partial charge is 0.416 e. The van der Waals surface area contributed by atoms with Crippen molar-refractivity contribution >= 4 is 17.0 Å². The number of halogens is 3. The van der Waals surface area contributed by atoms with E-state index in [0.717, 1.165) is 38.1 Å². The molecule has 2 atom stereocenters. The molecular formula is C19H25F3N4O2S. The fourth-order valence-corrected chi connectivity index (χ4v) is 3.90. The average molecular weight is 430 g/mol. The maximum atomic E-state index is 13.3. The van der Waals surface area contributed by atoms with Gasteiger partial charge in [0.1, 0.15) is 17.4 Å². The molecule has 0 bridgehead atoms. The number of rotatable bonds is 8. The van der Waals surface area contributed by atoms with E-state index in [9.17, 15) is 18.3 Å². The summed E-state index contributed by atoms with van der Waals surface area (Å²) in [5, 5.41) is 13.7. The molecule has 2 unspecified atom stereocenters. The monoisotopic (exact) mass is 430 g/mol. The number of nitrogens with zero attached hydrogens (tertiary/aromatic N) is 2. The number of nitrogens with one attached hydrogen (secondary N) is 1. The van der Waals surface area contributed by atoms with E-state index < -0.39 is 18.0 Å². The number of hydrogen-bond donors (Lipinski definition) is 3. The lowest BCUT2D eigenvalue weighted by molar-refractivity contribution is -0.137. The Balaban J connectivity index is 1.71. The van der Waals surface area contributed by atoms with Crippen LogP contribution in [0.3, 0.4) is 0 Å². The van der Waals surface area contributed by atoms with Gasteiger partial charge in [-0.3, -0.25) is 4.90 Å². The van der Waals surface area contributed by atoms with Gasteiger partial charge in [-0.05, 0) is 45.0 Å². The van der Waals surface area contributed by atoms with E-state index in [4.69, 9.17) is 10.5 Å². The SMILES string of the molecule is CC(N)c1ncc(C(O)Nc2cc(OCCN3CCCC3)cc(C(F)(F)F)c2)s1. The van der Waals surface area contributed by atoms with Gasteiger partial charge in [0.2, 0.25) is 0 Å². The molecule has 1 aromatic heterocycles. The number of ether oxygens (including phenoxy) is 1. The summed E-state index contributed by atoms with van der Waals surface area (Å²) in [6.45, 7) is 4.71. The van der Waals surface area contributed by atoms with Crippen molar-refractivity contribution in [1.82, 2.24) is 9.88 Å². The predicted molar refractivity (Wildman–Crippen MR) is 106 cm³/mol. The van der Waals surface area contributed by atoms with Gasteiger partial charge < -0.3 is 20.9 Å². The van der Waals surface area contributed by atoms with Crippen LogP contribution in [-0.4, -0.2) is 41.2 Å². The molecule has 160 valence electrons. The summed E-state index contributed by atoms with van der Waals surface area (Å²) in [4.78, 5) is 6.80. The Morgan fingerprint density at radius 1 is 1.31 bits per heavy atom. The second-order valence-electron chi connectivity index (χ2n) is 7.08. The van der Waals surface area contributed by atoms with E-state index in [1.54, 1.807) is 6.92 Å². The van der Waals surface area contributed by atoms with Crippen molar-refractivity contribution in [2.75, 3.05) is 31.6 Å². The number of aliphatic hydroxyl groups is 1. The van der Waals surface area contributed by atoms with E-state index in [1.165, 1.54) is 23.6 Å². The maximum absolute atomic E-state index is 13.3. The van der Waals surface area contributed by atoms with Gasteiger partial charge in [-0.15, -0.1) is 11.3 Å². The molecule has 0 aliphatic carbocycles. The van der Waals surface area contributed by atoms with E-state index in [1.807, 2.05) is 0 Å². The van der Waals surface area contributed by atoms with Gasteiger partial charge in [0.05, 0.1) is 16.5 Å². The van der Waals surface area contributed by atoms with Crippen molar-refractivity contribution in [1.29, 1.82) is 0 Å². The molecule has 2 aromatic rings. The van der Waals surface area contributed by atoms with Crippen molar-refractivity contribution in [3.8, 4) is 5.75 Å². The zero-order chi connectivity index (χ0) is 21.0. The number of benzene rings is 1. The van der Waals surface area contributed by atoms with E-state index >= 15 is 0 Å². The van der Waals surface area contributed by atoms with Crippen molar-refractivity contribution in [2.45, 2.75) is 38.2 Å². The molecule has 2 heterocycles. The lowest BCUT2D eigenvalue weighted by Gasteiger charge is -2.18. The molecule has 3 rings (SSSR count). The molecule has 0 saturated carbocycles. The van der Waals surface area contributed by atoms with Crippen LogP contribution in [0.5, 0.6) is 5.75 Å². The molecule has 29 heavy (non-hydrogen) atoms. The highest BCUT2D eigenvalue weighted by Crippen LogP contribution is 2.35. The highest BCUT2D eigenvalue weighted by Gasteiger charge is 2.32. The minimum absolute atomic E-state index is 0.106. The van der Waals surface area contributed by atoms with Crippen LogP contribution in [0, 0.1) is 0 Å². The molecule has 1 aliphatic heterocycles. The van der Waals surface area contributed by atoms with Crippen molar-refractivity contribution in [2.24, 2.45) is 5.73 Å². The molecule has 6 nitrogen and oxygen atoms in total. The second-order valence-corrected chi connectivity index (χ2v) is 8.17. The van der Waals surface area contributed by atoms with Crippen LogP contribution in [0.1, 0.15) is 47.5 Å². The Morgan fingerprint density at radius 3 is 2.66 bits per heavy atom. The third kappa shape index (κ3) is 6.05. The normalized spacial score (nSPS) is 17.3. The Bertz CT molecular complexity index is 807. The molecule has 10 heteroatoms. The number of anilines is 1. The summed E-state index contributed by atoms with van der Waals surface area (Å²) in [6, 6.07) is 3.09. The standard InChI is InChI=1S/C19H25F3N4O2S/c1-12(23)18-24-11-16(29-18)17(27)25-14-8-13(19(20,21)22)9-15(10-14)28-7-6-26-4-2-3-5-26/h8-12,17,25,27H,2-7,23H2,1H3. The Morgan fingerprint density at radius 2 is 2.03 bits per heavy atom. The molecule has 1 aliphatic rings. The second kappa shape index (κ2) is 9.29. The molecule has 4 N–H and O–H groups in total. The lowest BCUT2D eigenvalue weighted by Crippen LogP contribution is -2.25. The van der Waals surface area contributed by atoms with Crippen molar-refractivity contribution in [3.63, 3.8) is 0 Å². The van der Waals surface area contributed by atoms with Crippen LogP contribution in [0.25, 0.3) is 0 Å². The van der Waals surface area contributed by atoms with Crippen LogP contribution >= 0.6 is 11.3 Å². The van der Waals surface area contributed by atoms with Crippen LogP contribution in [-0.2, 0) is 6.18 Å². The Kier molecular flexibility index (Phi) is 6.99. The molecular weight excluding hydrogens is 405 g/mol. The minimum Gasteiger partial charge on any atom is -0.492 e. The van der Waals surface area contributed by atoms with Crippen LogP contribution in [0.15, 0.2) is 24.4 Å². The van der Waals surface area contributed by atoms with Crippen LogP contribution in [0.4, 0.5) is 18.9 Å². The Hall–Kier alpha value is -1.88. The van der Waals surface area contributed by atoms with E-state index in [0.29, 0.717) is 23.0 Å². The fourth-order valence-electron chi connectivity index (χ4n) is 3.09. The number of aromatic nitrogens is 1. The third-order valence-corrected chi connectivity index (χ3v) is 5.86. The van der Waals surface area contributed by atoms with Gasteiger partial charge >= 0.3 is 6.18 Å². The van der Waals surface area contributed by atoms with Crippen LogP contribution < -0.4 is 15.8 Å². The molecule has 1 saturated heterocycles. The summed E-state index contributed by atoms with van der Waals surface area (Å²) in [7, 11) is 0. The zero-order valence-corrected chi connectivity index (χ0v) is 16.9. The first kappa shape index (κ1) is 21.8. The number of aliphatic hydroxyl groups excluding tert-OH is 1. The first-order valence-electron chi connectivity index (χ1n) is 9.45. The molecule has 1 fully saturated rings. The fraction of sp³-hybridized carbons (Fsp3) is 0.526. The number of thiazole rings is 1. The van der Waals surface area contributed by atoms with Gasteiger partial charge in [-0.25, -0.2) is 4.98 Å². The largest absolute Gasteiger partial charge is 0.492 e. The molecule has 0 spiro atoms. The highest BCUT2D eigenvalue weighted by atomic mass is 32.1. The highest BCUT2D eigenvalue weighted by molar-refractivity contribution is 7.11. The zero-order valence-electron chi connectivity index (χ0n) is 16.1. The van der Waals surface area contributed by atoms with Gasteiger partial charge in [0, 0.05) is 24.5 Å². The van der Waals surface area contributed by atoms with Gasteiger partial charge in [0.15, 0.2) is 6.23 Å². The first-order valence-corrected chi connectivity index (χ1v) is 10.3. The number of nitrogens with two attached hydrogens (primary N) is 1. The Labute approximate surface area is 171 Å². The molecule has 0 amide bonds. The average Bonchev–Trinajstić information content (AvgIpc) is 3.33. The minimum atomic E-state index is -4.53. The third-order valence-electron chi connectivity index (χ3n) is 4.61. The van der Waals surface area contributed by atoms with Crippen molar-refractivity contribution < 1.29 is 23.0 Å². The molecule has 0 radical (unpaired) electrons. The number of alkyl halides is 3. The first-order chi connectivity index (χ1) is 13.7. The van der Waals surface area contributed by atoms with E-state index in [2.05, 4.69) is 15.2 Å². The summed E-state index contributed by atoms with van der Waals surface area (Å²) < 4.78 is 45.5. The van der Waals surface area contributed by atoms with E-state index in [-0.39, 0.29) is 17.5 Å². The number of hydrogen-bond acceptors (Lipinski definition) is 7. The summed E-state index contributed by atoms with van der Waals surface area (Å²) in [5.41, 5.74) is 5.03. The van der Waals surface area contributed by atoms with Gasteiger partial charge in [-0.2, -0.15) is 13.2 Å². The van der Waals surface area contributed by atoms with Crippen molar-refractivity contribution in [3.05, 3.63) is 39.8 Å². The van der Waals surface area contributed by atoms with Gasteiger partial charge in [0.25, 0.3) is 0 Å². The summed E-state index contributed by atoms with van der Waals surface area (Å²) in [5.74, 6) is 0.106. The topological polar surface area (TPSA) is 83.6 Å². The predicted octanol–water partition coefficient (Wildman–Crippen LogP) is 3.76. The van der Waals surface area contributed by atoms with Gasteiger partial charge in [-0.1, -0.05) is 0 Å². The quantitative estimate of drug-likeness (QED) is 0.553. The lowest BCUT2D eigenvalue weighted by atomic mass is 10.1. The molecule has 1 aromatic carbocycles. The summed E-state index contributed by atoms with van der Waals surface area (Å²) >= 11 is 1.20. The summed E-state index contributed by atoms with van der Waals surface area (Å²) in [6.07, 6.45) is -2.00. The van der Waals surface area contributed by atoms with Crippen LogP contribution in [0.2, 0.25) is 0 Å². The maximum Gasteiger partial charge on any atom is 0.416 e. The number of likely N-dealkylation sites (tertiary alicyclic amines) is 1.